The SMILES string of the molecule is O=S(=O)(c1ccccc1)c1cccc(N2CCNCC2)c1C(F)(F)F. The van der Waals surface area contributed by atoms with E-state index in [2.05, 4.69) is 5.32 Å². The number of alkyl halides is 3. The molecular formula is C17H17F3N2O2S. The van der Waals surface area contributed by atoms with Crippen LogP contribution in [0.3, 0.4) is 0 Å². The fourth-order valence-electron chi connectivity index (χ4n) is 2.92. The van der Waals surface area contributed by atoms with Crippen LogP contribution in [0.1, 0.15) is 5.56 Å². The summed E-state index contributed by atoms with van der Waals surface area (Å²) < 4.78 is 67.0. The van der Waals surface area contributed by atoms with Crippen LogP contribution in [0.25, 0.3) is 0 Å². The molecule has 1 aliphatic heterocycles. The van der Waals surface area contributed by atoms with E-state index in [1.807, 2.05) is 0 Å². The van der Waals surface area contributed by atoms with Gasteiger partial charge in [-0.3, -0.25) is 0 Å². The Bertz CT molecular complexity index is 846. The van der Waals surface area contributed by atoms with Crippen molar-refractivity contribution in [1.29, 1.82) is 0 Å². The minimum atomic E-state index is -4.78. The third kappa shape index (κ3) is 3.50. The molecule has 25 heavy (non-hydrogen) atoms. The van der Waals surface area contributed by atoms with E-state index in [1.54, 1.807) is 11.0 Å². The average Bonchev–Trinajstić information content (AvgIpc) is 2.62. The Morgan fingerprint density at radius 1 is 0.920 bits per heavy atom. The lowest BCUT2D eigenvalue weighted by atomic mass is 10.1. The van der Waals surface area contributed by atoms with Crippen molar-refractivity contribution < 1.29 is 21.6 Å². The van der Waals surface area contributed by atoms with Crippen LogP contribution in [0.4, 0.5) is 18.9 Å². The Hall–Kier alpha value is -2.06. The summed E-state index contributed by atoms with van der Waals surface area (Å²) in [4.78, 5) is 0.712. The number of nitrogens with one attached hydrogen (secondary N) is 1. The van der Waals surface area contributed by atoms with Gasteiger partial charge in [-0.2, -0.15) is 13.2 Å². The Morgan fingerprint density at radius 2 is 1.56 bits per heavy atom. The Kier molecular flexibility index (Phi) is 4.75. The molecule has 0 amide bonds. The molecule has 0 spiro atoms. The molecule has 0 aromatic heterocycles. The number of hydrogen-bond donors (Lipinski definition) is 1. The zero-order valence-corrected chi connectivity index (χ0v) is 14.1. The van der Waals surface area contributed by atoms with Gasteiger partial charge in [0.25, 0.3) is 0 Å². The summed E-state index contributed by atoms with van der Waals surface area (Å²) in [7, 11) is -4.28. The lowest BCUT2D eigenvalue weighted by Crippen LogP contribution is -2.44. The second-order valence-electron chi connectivity index (χ2n) is 5.70. The van der Waals surface area contributed by atoms with Crippen LogP contribution in [0.2, 0.25) is 0 Å². The van der Waals surface area contributed by atoms with Gasteiger partial charge in [0.2, 0.25) is 9.84 Å². The van der Waals surface area contributed by atoms with Gasteiger partial charge in [-0.15, -0.1) is 0 Å². The van der Waals surface area contributed by atoms with Crippen LogP contribution in [-0.2, 0) is 16.0 Å². The Morgan fingerprint density at radius 3 is 2.16 bits per heavy atom. The minimum absolute atomic E-state index is 0.0917. The topological polar surface area (TPSA) is 49.4 Å². The van der Waals surface area contributed by atoms with Gasteiger partial charge >= 0.3 is 6.18 Å². The molecule has 134 valence electrons. The first kappa shape index (κ1) is 17.8. The highest BCUT2D eigenvalue weighted by molar-refractivity contribution is 7.91. The predicted octanol–water partition coefficient (Wildman–Crippen LogP) is 2.95. The summed E-state index contributed by atoms with van der Waals surface area (Å²) >= 11 is 0. The van der Waals surface area contributed by atoms with Crippen LogP contribution < -0.4 is 10.2 Å². The van der Waals surface area contributed by atoms with Crippen LogP contribution in [-0.4, -0.2) is 34.6 Å². The molecule has 0 saturated carbocycles. The van der Waals surface area contributed by atoms with Gasteiger partial charge in [-0.25, -0.2) is 8.42 Å². The molecule has 3 rings (SSSR count). The fraction of sp³-hybridized carbons (Fsp3) is 0.294. The molecule has 1 heterocycles. The zero-order valence-electron chi connectivity index (χ0n) is 13.3. The van der Waals surface area contributed by atoms with E-state index < -0.39 is 26.5 Å². The predicted molar refractivity (Wildman–Crippen MR) is 88.4 cm³/mol. The molecule has 0 radical (unpaired) electrons. The Balaban J connectivity index is 2.20. The van der Waals surface area contributed by atoms with Gasteiger partial charge in [0.1, 0.15) is 0 Å². The van der Waals surface area contributed by atoms with Crippen molar-refractivity contribution in [3.05, 3.63) is 54.1 Å². The summed E-state index contributed by atoms with van der Waals surface area (Å²) in [6, 6.07) is 10.9. The summed E-state index contributed by atoms with van der Waals surface area (Å²) in [5.74, 6) is 0. The molecule has 2 aromatic rings. The molecule has 8 heteroatoms. The van der Waals surface area contributed by atoms with Gasteiger partial charge in [-0.1, -0.05) is 24.3 Å². The maximum absolute atomic E-state index is 13.8. The molecule has 0 unspecified atom stereocenters. The zero-order chi connectivity index (χ0) is 18.1. The second kappa shape index (κ2) is 6.68. The number of halogens is 3. The van der Waals surface area contributed by atoms with Crippen LogP contribution >= 0.6 is 0 Å². The highest BCUT2D eigenvalue weighted by atomic mass is 32.2. The molecule has 0 atom stereocenters. The van der Waals surface area contributed by atoms with E-state index in [4.69, 9.17) is 0 Å². The fourth-order valence-corrected chi connectivity index (χ4v) is 4.44. The number of rotatable bonds is 3. The van der Waals surface area contributed by atoms with Crippen molar-refractivity contribution in [1.82, 2.24) is 5.32 Å². The summed E-state index contributed by atoms with van der Waals surface area (Å²) in [6.45, 7) is 1.87. The van der Waals surface area contributed by atoms with E-state index in [0.717, 1.165) is 6.07 Å². The number of piperazine rings is 1. The average molecular weight is 370 g/mol. The van der Waals surface area contributed by atoms with Crippen LogP contribution in [0.5, 0.6) is 0 Å². The maximum atomic E-state index is 13.8. The van der Waals surface area contributed by atoms with Crippen molar-refractivity contribution in [2.45, 2.75) is 16.0 Å². The van der Waals surface area contributed by atoms with E-state index in [9.17, 15) is 21.6 Å². The van der Waals surface area contributed by atoms with Crippen molar-refractivity contribution in [2.24, 2.45) is 0 Å². The third-order valence-electron chi connectivity index (χ3n) is 4.09. The highest BCUT2D eigenvalue weighted by Gasteiger charge is 2.41. The van der Waals surface area contributed by atoms with E-state index in [0.29, 0.717) is 26.2 Å². The van der Waals surface area contributed by atoms with Crippen molar-refractivity contribution in [3.63, 3.8) is 0 Å². The normalized spacial score (nSPS) is 16.0. The van der Waals surface area contributed by atoms with Gasteiger partial charge < -0.3 is 10.2 Å². The first-order chi connectivity index (χ1) is 11.8. The van der Waals surface area contributed by atoms with Gasteiger partial charge in [0.05, 0.1) is 21.0 Å². The quantitative estimate of drug-likeness (QED) is 0.903. The first-order valence-electron chi connectivity index (χ1n) is 7.78. The molecule has 0 aliphatic carbocycles. The lowest BCUT2D eigenvalue weighted by molar-refractivity contribution is -0.139. The van der Waals surface area contributed by atoms with E-state index >= 15 is 0 Å². The third-order valence-corrected chi connectivity index (χ3v) is 5.90. The number of hydrogen-bond acceptors (Lipinski definition) is 4. The van der Waals surface area contributed by atoms with Gasteiger partial charge in [-0.05, 0) is 24.3 Å². The lowest BCUT2D eigenvalue weighted by Gasteiger charge is -2.32. The Labute approximate surface area is 144 Å². The number of sulfone groups is 1. The molecule has 1 saturated heterocycles. The molecule has 2 aromatic carbocycles. The van der Waals surface area contributed by atoms with Gasteiger partial charge in [0.15, 0.2) is 0 Å². The van der Waals surface area contributed by atoms with Crippen molar-refractivity contribution >= 4 is 15.5 Å². The molecular weight excluding hydrogens is 353 g/mol. The summed E-state index contributed by atoms with van der Waals surface area (Å²) in [5.41, 5.74) is -1.19. The molecule has 1 aliphatic rings. The number of anilines is 1. The molecule has 1 N–H and O–H groups in total. The van der Waals surface area contributed by atoms with Crippen LogP contribution in [0, 0.1) is 0 Å². The largest absolute Gasteiger partial charge is 0.419 e. The van der Waals surface area contributed by atoms with Gasteiger partial charge in [0, 0.05) is 26.2 Å². The number of nitrogens with zero attached hydrogens (tertiary/aromatic N) is 1. The summed E-state index contributed by atoms with van der Waals surface area (Å²) in [6.07, 6.45) is -4.78. The molecule has 4 nitrogen and oxygen atoms in total. The van der Waals surface area contributed by atoms with E-state index in [-0.39, 0.29) is 10.6 Å². The van der Waals surface area contributed by atoms with Crippen molar-refractivity contribution in [2.75, 3.05) is 31.1 Å². The highest BCUT2D eigenvalue weighted by Crippen LogP contribution is 2.42. The molecule has 1 fully saturated rings. The second-order valence-corrected chi connectivity index (χ2v) is 7.62. The molecule has 0 bridgehead atoms. The smallest absolute Gasteiger partial charge is 0.368 e. The number of benzene rings is 2. The first-order valence-corrected chi connectivity index (χ1v) is 9.26. The van der Waals surface area contributed by atoms with Crippen LogP contribution in [0.15, 0.2) is 58.3 Å². The monoisotopic (exact) mass is 370 g/mol. The maximum Gasteiger partial charge on any atom is 0.419 e. The minimum Gasteiger partial charge on any atom is -0.368 e. The summed E-state index contributed by atoms with van der Waals surface area (Å²) in [5, 5.41) is 3.07. The van der Waals surface area contributed by atoms with Crippen molar-refractivity contribution in [3.8, 4) is 0 Å². The van der Waals surface area contributed by atoms with E-state index in [1.165, 1.54) is 36.4 Å². The standard InChI is InChI=1S/C17H17F3N2O2S/c18-17(19,20)16-14(22-11-9-21-10-12-22)7-4-8-15(16)25(23,24)13-5-2-1-3-6-13/h1-8,21H,9-12H2.